The third-order valence-corrected chi connectivity index (χ3v) is 5.71. The SMILES string of the molecule is CC1Oc2ccc(C(=O)C(C)N3C(=O)C(C(C)C)Oc4ccc([N+](=O)[O-])cc43)cc2NC1=O. The van der Waals surface area contributed by atoms with Crippen LogP contribution in [-0.4, -0.2) is 40.8 Å². The van der Waals surface area contributed by atoms with Gasteiger partial charge in [0.15, 0.2) is 18.0 Å². The van der Waals surface area contributed by atoms with Crippen molar-refractivity contribution in [2.24, 2.45) is 5.92 Å². The summed E-state index contributed by atoms with van der Waals surface area (Å²) in [5, 5.41) is 14.0. The van der Waals surface area contributed by atoms with Crippen LogP contribution in [0.5, 0.6) is 11.5 Å². The Balaban J connectivity index is 1.73. The molecule has 0 aromatic heterocycles. The molecule has 0 aliphatic carbocycles. The number of hydrogen-bond acceptors (Lipinski definition) is 7. The lowest BCUT2D eigenvalue weighted by Crippen LogP contribution is -2.54. The number of nitrogens with one attached hydrogen (secondary N) is 1. The third kappa shape index (κ3) is 3.88. The minimum atomic E-state index is -0.986. The van der Waals surface area contributed by atoms with Crippen molar-refractivity contribution >= 4 is 34.7 Å². The second-order valence-electron chi connectivity index (χ2n) is 8.40. The molecule has 2 aromatic rings. The molecule has 2 aromatic carbocycles. The van der Waals surface area contributed by atoms with Gasteiger partial charge in [-0.2, -0.15) is 0 Å². The van der Waals surface area contributed by atoms with E-state index in [4.69, 9.17) is 9.47 Å². The highest BCUT2D eigenvalue weighted by atomic mass is 16.6. The van der Waals surface area contributed by atoms with Gasteiger partial charge in [0.25, 0.3) is 17.5 Å². The lowest BCUT2D eigenvalue weighted by atomic mass is 9.97. The molecule has 3 atom stereocenters. The first-order valence-corrected chi connectivity index (χ1v) is 10.5. The smallest absolute Gasteiger partial charge is 0.271 e. The van der Waals surface area contributed by atoms with Crippen LogP contribution in [0.4, 0.5) is 17.1 Å². The molecule has 0 bridgehead atoms. The first kappa shape index (κ1) is 22.3. The number of benzene rings is 2. The quantitative estimate of drug-likeness (QED) is 0.418. The van der Waals surface area contributed by atoms with Crippen LogP contribution in [0.1, 0.15) is 38.1 Å². The third-order valence-electron chi connectivity index (χ3n) is 5.71. The monoisotopic (exact) mass is 453 g/mol. The Labute approximate surface area is 189 Å². The van der Waals surface area contributed by atoms with E-state index in [1.54, 1.807) is 26.0 Å². The van der Waals surface area contributed by atoms with Crippen LogP contribution in [-0.2, 0) is 9.59 Å². The maximum Gasteiger partial charge on any atom is 0.271 e. The molecule has 3 unspecified atom stereocenters. The minimum Gasteiger partial charge on any atom is -0.479 e. The van der Waals surface area contributed by atoms with E-state index < -0.39 is 34.9 Å². The fourth-order valence-electron chi connectivity index (χ4n) is 3.89. The zero-order valence-electron chi connectivity index (χ0n) is 18.5. The minimum absolute atomic E-state index is 0.162. The molecule has 0 fully saturated rings. The summed E-state index contributed by atoms with van der Waals surface area (Å²) in [5.41, 5.74) is 0.559. The summed E-state index contributed by atoms with van der Waals surface area (Å²) in [5.74, 6) is -0.648. The number of amides is 2. The van der Waals surface area contributed by atoms with Crippen LogP contribution in [0.3, 0.4) is 0 Å². The molecular formula is C23H23N3O7. The van der Waals surface area contributed by atoms with Gasteiger partial charge in [0, 0.05) is 17.7 Å². The zero-order chi connectivity index (χ0) is 24.0. The first-order chi connectivity index (χ1) is 15.6. The van der Waals surface area contributed by atoms with E-state index in [1.807, 2.05) is 13.8 Å². The maximum absolute atomic E-state index is 13.4. The molecule has 0 radical (unpaired) electrons. The maximum atomic E-state index is 13.4. The molecule has 33 heavy (non-hydrogen) atoms. The van der Waals surface area contributed by atoms with Crippen molar-refractivity contribution in [3.63, 3.8) is 0 Å². The van der Waals surface area contributed by atoms with Crippen LogP contribution in [0, 0.1) is 16.0 Å². The topological polar surface area (TPSA) is 128 Å². The van der Waals surface area contributed by atoms with Gasteiger partial charge in [0.2, 0.25) is 0 Å². The number of anilines is 2. The van der Waals surface area contributed by atoms with E-state index in [-0.39, 0.29) is 28.8 Å². The predicted molar refractivity (Wildman–Crippen MR) is 119 cm³/mol. The van der Waals surface area contributed by atoms with E-state index in [0.717, 1.165) is 0 Å². The fraction of sp³-hybridized carbons (Fsp3) is 0.348. The summed E-state index contributed by atoms with van der Waals surface area (Å²) in [6.07, 6.45) is -1.49. The standard InChI is InChI=1S/C23H23N3O7/c1-11(2)21-23(29)25(17-10-15(26(30)31)6-8-19(17)33-21)12(3)20(27)14-5-7-18-16(9-14)24-22(28)13(4)32-18/h5-13,21H,1-4H3,(H,24,28). The highest BCUT2D eigenvalue weighted by Gasteiger charge is 2.41. The highest BCUT2D eigenvalue weighted by Crippen LogP contribution is 2.40. The molecule has 2 aliphatic rings. The van der Waals surface area contributed by atoms with Gasteiger partial charge in [-0.25, -0.2) is 0 Å². The van der Waals surface area contributed by atoms with Crippen LogP contribution in [0.15, 0.2) is 36.4 Å². The number of ketones is 1. The number of ether oxygens (including phenoxy) is 2. The summed E-state index contributed by atoms with van der Waals surface area (Å²) in [6, 6.07) is 7.62. The van der Waals surface area contributed by atoms with Gasteiger partial charge in [-0.15, -0.1) is 0 Å². The van der Waals surface area contributed by atoms with Gasteiger partial charge in [0.05, 0.1) is 22.3 Å². The Morgan fingerprint density at radius 1 is 1.09 bits per heavy atom. The van der Waals surface area contributed by atoms with Crippen molar-refractivity contribution in [1.82, 2.24) is 0 Å². The number of Topliss-reactive ketones (excluding diaryl/α,β-unsaturated/α-hetero) is 1. The van der Waals surface area contributed by atoms with Gasteiger partial charge in [-0.05, 0) is 44.0 Å². The molecule has 0 saturated heterocycles. The van der Waals surface area contributed by atoms with Gasteiger partial charge >= 0.3 is 0 Å². The highest BCUT2D eigenvalue weighted by molar-refractivity contribution is 6.11. The number of hydrogen-bond donors (Lipinski definition) is 1. The molecule has 172 valence electrons. The molecule has 10 nitrogen and oxygen atoms in total. The number of nitrogens with zero attached hydrogens (tertiary/aromatic N) is 2. The normalized spacial score (nSPS) is 20.2. The van der Waals surface area contributed by atoms with E-state index in [9.17, 15) is 24.5 Å². The molecule has 1 N–H and O–H groups in total. The number of nitro groups is 1. The van der Waals surface area contributed by atoms with Gasteiger partial charge in [0.1, 0.15) is 11.5 Å². The lowest BCUT2D eigenvalue weighted by Gasteiger charge is -2.38. The molecule has 0 saturated carbocycles. The number of carbonyl (C=O) groups is 3. The second-order valence-corrected chi connectivity index (χ2v) is 8.40. The zero-order valence-corrected chi connectivity index (χ0v) is 18.5. The van der Waals surface area contributed by atoms with Gasteiger partial charge < -0.3 is 14.8 Å². The van der Waals surface area contributed by atoms with Crippen LogP contribution in [0.25, 0.3) is 0 Å². The Hall–Kier alpha value is -3.95. The first-order valence-electron chi connectivity index (χ1n) is 10.5. The molecule has 4 rings (SSSR count). The Kier molecular flexibility index (Phi) is 5.52. The average molecular weight is 453 g/mol. The number of rotatable bonds is 5. The Bertz CT molecular complexity index is 1180. The number of nitro benzene ring substituents is 1. The van der Waals surface area contributed by atoms with Gasteiger partial charge in [-0.1, -0.05) is 13.8 Å². The van der Waals surface area contributed by atoms with Crippen LogP contribution < -0.4 is 19.7 Å². The Morgan fingerprint density at radius 2 is 1.79 bits per heavy atom. The average Bonchev–Trinajstić information content (AvgIpc) is 2.77. The molecule has 0 spiro atoms. The van der Waals surface area contributed by atoms with E-state index in [0.29, 0.717) is 17.2 Å². The van der Waals surface area contributed by atoms with Crippen molar-refractivity contribution < 1.29 is 28.8 Å². The van der Waals surface area contributed by atoms with Crippen molar-refractivity contribution in [3.05, 3.63) is 52.1 Å². The summed E-state index contributed by atoms with van der Waals surface area (Å²) in [4.78, 5) is 50.6. The summed E-state index contributed by atoms with van der Waals surface area (Å²) in [6.45, 7) is 6.81. The number of fused-ring (bicyclic) bond motifs is 2. The van der Waals surface area contributed by atoms with E-state index >= 15 is 0 Å². The summed E-state index contributed by atoms with van der Waals surface area (Å²) < 4.78 is 11.3. The lowest BCUT2D eigenvalue weighted by molar-refractivity contribution is -0.384. The molecule has 2 aliphatic heterocycles. The van der Waals surface area contributed by atoms with E-state index in [2.05, 4.69) is 5.32 Å². The van der Waals surface area contributed by atoms with Crippen LogP contribution >= 0.6 is 0 Å². The summed E-state index contributed by atoms with van der Waals surface area (Å²) in [7, 11) is 0. The molecule has 2 amide bonds. The predicted octanol–water partition coefficient (Wildman–Crippen LogP) is 3.34. The molecule has 10 heteroatoms. The van der Waals surface area contributed by atoms with Crippen molar-refractivity contribution in [1.29, 1.82) is 0 Å². The van der Waals surface area contributed by atoms with Gasteiger partial charge in [-0.3, -0.25) is 29.4 Å². The number of carbonyl (C=O) groups excluding carboxylic acids is 3. The van der Waals surface area contributed by atoms with Crippen molar-refractivity contribution in [2.45, 2.75) is 45.9 Å². The van der Waals surface area contributed by atoms with E-state index in [1.165, 1.54) is 29.2 Å². The molecular weight excluding hydrogens is 430 g/mol. The van der Waals surface area contributed by atoms with Crippen molar-refractivity contribution in [3.8, 4) is 11.5 Å². The number of non-ortho nitro benzene ring substituents is 1. The van der Waals surface area contributed by atoms with Crippen molar-refractivity contribution in [2.75, 3.05) is 10.2 Å². The molecule has 2 heterocycles. The van der Waals surface area contributed by atoms with Crippen LogP contribution in [0.2, 0.25) is 0 Å². The largest absolute Gasteiger partial charge is 0.479 e. The summed E-state index contributed by atoms with van der Waals surface area (Å²) >= 11 is 0. The fourth-order valence-corrected chi connectivity index (χ4v) is 3.89. The second kappa shape index (κ2) is 8.19. The Morgan fingerprint density at radius 3 is 2.45 bits per heavy atom.